The number of alkyl halides is 1. The number of aliphatic hydroxyl groups is 1. The first-order valence-corrected chi connectivity index (χ1v) is 11.1. The monoisotopic (exact) mass is 392 g/mol. The first-order chi connectivity index (χ1) is 12.7. The summed E-state index contributed by atoms with van der Waals surface area (Å²) in [5.41, 5.74) is 0.830. The maximum Gasteiger partial charge on any atom is 0.219 e. The van der Waals surface area contributed by atoms with Crippen LogP contribution in [-0.2, 0) is 9.59 Å². The summed E-state index contributed by atoms with van der Waals surface area (Å²) < 4.78 is 12.8. The third-order valence-electron chi connectivity index (χ3n) is 8.43. The van der Waals surface area contributed by atoms with Crippen LogP contribution in [-0.4, -0.2) is 22.0 Å². The number of halogens is 1. The van der Waals surface area contributed by atoms with Gasteiger partial charge in [-0.25, -0.2) is 4.39 Å². The third-order valence-corrected chi connectivity index (χ3v) is 9.08. The summed E-state index contributed by atoms with van der Waals surface area (Å²) in [6.07, 6.45) is 8.33. The van der Waals surface area contributed by atoms with Crippen LogP contribution in [0.15, 0.2) is 23.5 Å². The topological polar surface area (TPSA) is 54.4 Å². The highest BCUT2D eigenvalue weighted by Crippen LogP contribution is 2.67. The number of rotatable bonds is 2. The van der Waals surface area contributed by atoms with Gasteiger partial charge in [0.25, 0.3) is 0 Å². The highest BCUT2D eigenvalue weighted by molar-refractivity contribution is 8.13. The first-order valence-electron chi connectivity index (χ1n) is 10.1. The van der Waals surface area contributed by atoms with E-state index in [1.54, 1.807) is 12.2 Å². The maximum absolute atomic E-state index is 12.8. The lowest BCUT2D eigenvalue weighted by molar-refractivity contribution is -0.122. The van der Waals surface area contributed by atoms with Crippen LogP contribution < -0.4 is 0 Å². The lowest BCUT2D eigenvalue weighted by Gasteiger charge is -2.56. The van der Waals surface area contributed by atoms with Crippen molar-refractivity contribution in [2.24, 2.45) is 40.4 Å². The summed E-state index contributed by atoms with van der Waals surface area (Å²) in [6.45, 7) is 6.58. The molecular formula is C22H29FO3S. The maximum atomic E-state index is 12.8. The minimum Gasteiger partial charge on any atom is -0.504 e. The number of hydrogen-bond donors (Lipinski definition) is 1. The van der Waals surface area contributed by atoms with Gasteiger partial charge in [-0.15, -0.1) is 0 Å². The highest BCUT2D eigenvalue weighted by Gasteiger charge is 2.61. The Bertz CT molecular complexity index is 744. The van der Waals surface area contributed by atoms with E-state index in [4.69, 9.17) is 0 Å². The molecule has 4 rings (SSSR count). The van der Waals surface area contributed by atoms with Gasteiger partial charge in [-0.3, -0.25) is 9.59 Å². The van der Waals surface area contributed by atoms with Gasteiger partial charge < -0.3 is 5.11 Å². The molecule has 0 unspecified atom stereocenters. The molecule has 0 amide bonds. The second-order valence-electron chi connectivity index (χ2n) is 9.57. The molecule has 0 aromatic heterocycles. The smallest absolute Gasteiger partial charge is 0.219 e. The lowest BCUT2D eigenvalue weighted by atomic mass is 9.48. The Hall–Kier alpha value is -1.10. The summed E-state index contributed by atoms with van der Waals surface area (Å²) in [7, 11) is 0. The van der Waals surface area contributed by atoms with Gasteiger partial charge in [-0.1, -0.05) is 38.1 Å². The van der Waals surface area contributed by atoms with Gasteiger partial charge in [-0.2, -0.15) is 0 Å². The SMILES string of the molecule is C[C@@H]1C[C@H]2[C@@H]3CCC4=CC(=O)C(O)=C[C@]4(C)[C@H]3CC[C@]2(C)[C@H]1C(=O)SCF. The predicted molar refractivity (Wildman–Crippen MR) is 105 cm³/mol. The van der Waals surface area contributed by atoms with Crippen LogP contribution in [0.4, 0.5) is 4.39 Å². The Kier molecular flexibility index (Phi) is 4.60. The van der Waals surface area contributed by atoms with E-state index >= 15 is 0 Å². The Balaban J connectivity index is 1.67. The van der Waals surface area contributed by atoms with E-state index < -0.39 is 6.01 Å². The van der Waals surface area contributed by atoms with Crippen LogP contribution in [0.2, 0.25) is 0 Å². The molecular weight excluding hydrogens is 363 g/mol. The van der Waals surface area contributed by atoms with Crippen molar-refractivity contribution < 1.29 is 19.1 Å². The van der Waals surface area contributed by atoms with Crippen LogP contribution in [0, 0.1) is 40.4 Å². The number of ketones is 1. The minimum atomic E-state index is -0.640. The molecule has 148 valence electrons. The van der Waals surface area contributed by atoms with Crippen LogP contribution in [0.1, 0.15) is 52.9 Å². The van der Waals surface area contributed by atoms with Gasteiger partial charge in [0.15, 0.2) is 10.9 Å². The van der Waals surface area contributed by atoms with Crippen molar-refractivity contribution in [3.05, 3.63) is 23.5 Å². The van der Waals surface area contributed by atoms with Gasteiger partial charge in [0, 0.05) is 11.3 Å². The molecule has 27 heavy (non-hydrogen) atoms. The summed E-state index contributed by atoms with van der Waals surface area (Å²) in [4.78, 5) is 24.6. The minimum absolute atomic E-state index is 0.0249. The quantitative estimate of drug-likeness (QED) is 0.699. The molecule has 0 heterocycles. The average Bonchev–Trinajstić information content (AvgIpc) is 2.87. The molecule has 0 spiro atoms. The predicted octanol–water partition coefficient (Wildman–Crippen LogP) is 5.23. The number of hydrogen-bond acceptors (Lipinski definition) is 4. The number of fused-ring (bicyclic) bond motifs is 5. The van der Waals surface area contributed by atoms with E-state index in [0.29, 0.717) is 17.8 Å². The van der Waals surface area contributed by atoms with E-state index in [9.17, 15) is 19.1 Å². The second kappa shape index (κ2) is 6.47. The average molecular weight is 393 g/mol. The molecule has 3 fully saturated rings. The summed E-state index contributed by atoms with van der Waals surface area (Å²) in [5, 5.41) is 10.1. The van der Waals surface area contributed by atoms with Crippen LogP contribution in [0.5, 0.6) is 0 Å². The molecule has 0 saturated heterocycles. The first kappa shape index (κ1) is 19.2. The van der Waals surface area contributed by atoms with Gasteiger partial charge in [0.05, 0.1) is 0 Å². The second-order valence-corrected chi connectivity index (χ2v) is 10.5. The standard InChI is InChI=1S/C22H29FO3S/c1-12-8-16-14-5-4-13-9-17(24)18(25)10-22(13,3)15(14)6-7-21(16,2)19(12)20(26)27-11-23/h9-10,12,14-16,19,25H,4-8,11H2,1-3H3/t12-,14-,15+,16+,19-,21+,22+/m1/s1. The van der Waals surface area contributed by atoms with Gasteiger partial charge >= 0.3 is 0 Å². The van der Waals surface area contributed by atoms with Gasteiger partial charge in [0.2, 0.25) is 5.78 Å². The molecule has 5 heteroatoms. The normalized spacial score (nSPS) is 46.1. The molecule has 0 aliphatic heterocycles. The van der Waals surface area contributed by atoms with Crippen molar-refractivity contribution in [2.75, 3.05) is 6.01 Å². The fourth-order valence-electron chi connectivity index (χ4n) is 7.29. The Labute approximate surface area is 164 Å². The molecule has 1 N–H and O–H groups in total. The highest BCUT2D eigenvalue weighted by atomic mass is 32.2. The van der Waals surface area contributed by atoms with E-state index in [-0.39, 0.29) is 39.3 Å². The van der Waals surface area contributed by atoms with Crippen molar-refractivity contribution in [1.29, 1.82) is 0 Å². The molecule has 3 nitrogen and oxygen atoms in total. The van der Waals surface area contributed by atoms with Crippen molar-refractivity contribution in [3.8, 4) is 0 Å². The largest absolute Gasteiger partial charge is 0.504 e. The number of carbonyl (C=O) groups excluding carboxylic acids is 2. The molecule has 0 bridgehead atoms. The number of allylic oxidation sites excluding steroid dienone is 3. The zero-order valence-electron chi connectivity index (χ0n) is 16.3. The van der Waals surface area contributed by atoms with Crippen LogP contribution in [0.3, 0.4) is 0 Å². The molecule has 0 aromatic rings. The molecule has 4 aliphatic carbocycles. The Morgan fingerprint density at radius 2 is 2.07 bits per heavy atom. The number of aliphatic hydroxyl groups excluding tert-OH is 1. The summed E-state index contributed by atoms with van der Waals surface area (Å²) in [5.74, 6) is 1.15. The molecule has 7 atom stereocenters. The molecule has 4 aliphatic rings. The van der Waals surface area contributed by atoms with Crippen molar-refractivity contribution in [2.45, 2.75) is 52.9 Å². The summed E-state index contributed by atoms with van der Waals surface area (Å²) >= 11 is 0.839. The molecule has 0 aromatic carbocycles. The molecule has 0 radical (unpaired) electrons. The Morgan fingerprint density at radius 1 is 1.33 bits per heavy atom. The van der Waals surface area contributed by atoms with Crippen LogP contribution >= 0.6 is 11.8 Å². The van der Waals surface area contributed by atoms with Gasteiger partial charge in [0.1, 0.15) is 6.01 Å². The van der Waals surface area contributed by atoms with Crippen molar-refractivity contribution in [3.63, 3.8) is 0 Å². The van der Waals surface area contributed by atoms with Crippen molar-refractivity contribution >= 4 is 22.7 Å². The van der Waals surface area contributed by atoms with Gasteiger partial charge in [-0.05, 0) is 73.3 Å². The van der Waals surface area contributed by atoms with E-state index in [1.807, 2.05) is 0 Å². The zero-order valence-corrected chi connectivity index (χ0v) is 17.2. The van der Waals surface area contributed by atoms with E-state index in [0.717, 1.165) is 49.4 Å². The number of carbonyl (C=O) groups is 2. The summed E-state index contributed by atoms with van der Waals surface area (Å²) in [6, 6.07) is -0.640. The van der Waals surface area contributed by atoms with Crippen molar-refractivity contribution in [1.82, 2.24) is 0 Å². The fourth-order valence-corrected chi connectivity index (χ4v) is 8.08. The van der Waals surface area contributed by atoms with Crippen LogP contribution in [0.25, 0.3) is 0 Å². The zero-order chi connectivity index (χ0) is 19.6. The van der Waals surface area contributed by atoms with E-state index in [1.165, 1.54) is 0 Å². The number of thioether (sulfide) groups is 1. The third kappa shape index (κ3) is 2.67. The fraction of sp³-hybridized carbons (Fsp3) is 0.727. The molecule has 3 saturated carbocycles. The van der Waals surface area contributed by atoms with E-state index in [2.05, 4.69) is 20.8 Å². The Morgan fingerprint density at radius 3 is 2.78 bits per heavy atom. The lowest BCUT2D eigenvalue weighted by Crippen LogP contribution is -2.50.